The number of nitrogens with one attached hydrogen (secondary N) is 1. The maximum atomic E-state index is 12.7. The van der Waals surface area contributed by atoms with Crippen LogP contribution in [0.5, 0.6) is 5.75 Å². The number of sulfonamides is 1. The quantitative estimate of drug-likeness (QED) is 0.355. The molecule has 0 aliphatic carbocycles. The van der Waals surface area contributed by atoms with E-state index in [-0.39, 0.29) is 35.3 Å². The molecule has 3 aromatic rings. The number of nitrogens with zero attached hydrogens (tertiary/aromatic N) is 3. The summed E-state index contributed by atoms with van der Waals surface area (Å²) in [6.07, 6.45) is 1.62. The molecule has 3 amide bonds. The first-order valence-corrected chi connectivity index (χ1v) is 13.4. The van der Waals surface area contributed by atoms with E-state index in [1.165, 1.54) is 0 Å². The Morgan fingerprint density at radius 1 is 1.08 bits per heavy atom. The van der Waals surface area contributed by atoms with Crippen molar-refractivity contribution >= 4 is 49.9 Å². The van der Waals surface area contributed by atoms with E-state index in [1.807, 2.05) is 0 Å². The van der Waals surface area contributed by atoms with E-state index in [2.05, 4.69) is 16.3 Å². The molecule has 1 aromatic heterocycles. The number of aromatic nitrogens is 1. The third-order valence-corrected chi connectivity index (χ3v) is 7.83. The standard InChI is InChI=1S/C24H20N4O6S2/c1-2-9-27-19-12-15(7-8-20(19)34-13-21(27)29)18-14-35-24(25-18)26-36(32,33)11-10-28-22(30)16-5-3-4-6-17(16)23(28)31/h2-8,12,14H,1,9-11,13H2,(H,25,26). The fourth-order valence-electron chi connectivity index (χ4n) is 3.98. The molecule has 0 fully saturated rings. The summed E-state index contributed by atoms with van der Waals surface area (Å²) >= 11 is 1.09. The Balaban J connectivity index is 1.28. The number of carbonyl (C=O) groups excluding carboxylic acids is 3. The Kier molecular flexibility index (Phi) is 6.06. The average Bonchev–Trinajstić information content (AvgIpc) is 3.42. The molecule has 2 aromatic carbocycles. The van der Waals surface area contributed by atoms with Gasteiger partial charge in [0.1, 0.15) is 5.75 Å². The van der Waals surface area contributed by atoms with Crippen LogP contribution in [0.3, 0.4) is 0 Å². The largest absolute Gasteiger partial charge is 0.482 e. The zero-order valence-corrected chi connectivity index (χ0v) is 20.5. The maximum Gasteiger partial charge on any atom is 0.265 e. The van der Waals surface area contributed by atoms with Crippen molar-refractivity contribution in [2.75, 3.05) is 35.1 Å². The lowest BCUT2D eigenvalue weighted by Crippen LogP contribution is -2.38. The Bertz CT molecular complexity index is 1480. The Hall–Kier alpha value is -4.03. The monoisotopic (exact) mass is 524 g/mol. The highest BCUT2D eigenvalue weighted by atomic mass is 32.2. The molecule has 0 spiro atoms. The van der Waals surface area contributed by atoms with Crippen molar-refractivity contribution < 1.29 is 27.5 Å². The molecule has 184 valence electrons. The lowest BCUT2D eigenvalue weighted by atomic mass is 10.1. The fourth-order valence-corrected chi connectivity index (χ4v) is 5.95. The normalized spacial score (nSPS) is 14.9. The summed E-state index contributed by atoms with van der Waals surface area (Å²) in [5, 5.41) is 1.83. The average molecular weight is 525 g/mol. The van der Waals surface area contributed by atoms with Crippen LogP contribution in [0.4, 0.5) is 10.8 Å². The SMILES string of the molecule is C=CCN1C(=O)COc2ccc(-c3csc(NS(=O)(=O)CCN4C(=O)c5ccccc5C4=O)n3)cc21. The highest BCUT2D eigenvalue weighted by Crippen LogP contribution is 2.37. The lowest BCUT2D eigenvalue weighted by Gasteiger charge is -2.28. The molecule has 0 bridgehead atoms. The van der Waals surface area contributed by atoms with Crippen LogP contribution in [0.2, 0.25) is 0 Å². The zero-order valence-electron chi connectivity index (χ0n) is 18.8. The van der Waals surface area contributed by atoms with Crippen molar-refractivity contribution in [3.8, 4) is 17.0 Å². The van der Waals surface area contributed by atoms with Crippen LogP contribution in [0.1, 0.15) is 20.7 Å². The van der Waals surface area contributed by atoms with Crippen molar-refractivity contribution in [2.24, 2.45) is 0 Å². The van der Waals surface area contributed by atoms with E-state index in [4.69, 9.17) is 4.74 Å². The fraction of sp³-hybridized carbons (Fsp3) is 0.167. The zero-order chi connectivity index (χ0) is 25.4. The number of thiazole rings is 1. The van der Waals surface area contributed by atoms with Crippen LogP contribution < -0.4 is 14.4 Å². The molecule has 36 heavy (non-hydrogen) atoms. The molecule has 12 heteroatoms. The van der Waals surface area contributed by atoms with Gasteiger partial charge in [0.15, 0.2) is 11.7 Å². The highest BCUT2D eigenvalue weighted by molar-refractivity contribution is 7.92. The topological polar surface area (TPSA) is 126 Å². The predicted octanol–water partition coefficient (Wildman–Crippen LogP) is 2.76. The molecule has 0 saturated carbocycles. The Morgan fingerprint density at radius 2 is 1.81 bits per heavy atom. The minimum absolute atomic E-state index is 0.0521. The number of carbonyl (C=O) groups is 3. The van der Waals surface area contributed by atoms with Crippen LogP contribution in [-0.2, 0) is 14.8 Å². The van der Waals surface area contributed by atoms with E-state index >= 15 is 0 Å². The van der Waals surface area contributed by atoms with Crippen molar-refractivity contribution in [2.45, 2.75) is 0 Å². The number of anilines is 2. The summed E-state index contributed by atoms with van der Waals surface area (Å²) in [5.41, 5.74) is 2.30. The van der Waals surface area contributed by atoms with E-state index in [0.29, 0.717) is 29.2 Å². The van der Waals surface area contributed by atoms with Gasteiger partial charge in [-0.1, -0.05) is 18.2 Å². The smallest absolute Gasteiger partial charge is 0.265 e. The predicted molar refractivity (Wildman–Crippen MR) is 135 cm³/mol. The van der Waals surface area contributed by atoms with Gasteiger partial charge >= 0.3 is 0 Å². The summed E-state index contributed by atoms with van der Waals surface area (Å²) < 4.78 is 33.2. The van der Waals surface area contributed by atoms with Gasteiger partial charge in [-0.2, -0.15) is 0 Å². The molecule has 1 N–H and O–H groups in total. The molecular weight excluding hydrogens is 504 g/mol. The first-order valence-electron chi connectivity index (χ1n) is 10.9. The summed E-state index contributed by atoms with van der Waals surface area (Å²) in [5.74, 6) is -1.12. The summed E-state index contributed by atoms with van der Waals surface area (Å²) in [6, 6.07) is 11.6. The van der Waals surface area contributed by atoms with Gasteiger partial charge in [-0.3, -0.25) is 24.0 Å². The van der Waals surface area contributed by atoms with Gasteiger partial charge in [-0.05, 0) is 30.3 Å². The summed E-state index contributed by atoms with van der Waals surface area (Å²) in [4.78, 5) is 44.0. The number of hydrogen-bond donors (Lipinski definition) is 1. The summed E-state index contributed by atoms with van der Waals surface area (Å²) in [6.45, 7) is 3.68. The van der Waals surface area contributed by atoms with Crippen molar-refractivity contribution in [3.05, 3.63) is 71.6 Å². The van der Waals surface area contributed by atoms with Crippen LogP contribution in [0.25, 0.3) is 11.3 Å². The van der Waals surface area contributed by atoms with E-state index in [1.54, 1.807) is 58.8 Å². The number of ether oxygens (including phenoxy) is 1. The van der Waals surface area contributed by atoms with Crippen LogP contribution in [-0.4, -0.2) is 61.5 Å². The third-order valence-electron chi connectivity index (χ3n) is 5.72. The minimum Gasteiger partial charge on any atom is -0.482 e. The van der Waals surface area contributed by atoms with E-state index < -0.39 is 27.6 Å². The molecule has 0 atom stereocenters. The van der Waals surface area contributed by atoms with Gasteiger partial charge < -0.3 is 9.64 Å². The third kappa shape index (κ3) is 4.36. The van der Waals surface area contributed by atoms with Crippen molar-refractivity contribution in [3.63, 3.8) is 0 Å². The molecule has 0 radical (unpaired) electrons. The van der Waals surface area contributed by atoms with Crippen LogP contribution >= 0.6 is 11.3 Å². The van der Waals surface area contributed by atoms with E-state index in [0.717, 1.165) is 16.2 Å². The van der Waals surface area contributed by atoms with Crippen LogP contribution in [0.15, 0.2) is 60.5 Å². The number of benzene rings is 2. The minimum atomic E-state index is -3.90. The van der Waals surface area contributed by atoms with Crippen molar-refractivity contribution in [1.82, 2.24) is 9.88 Å². The lowest BCUT2D eigenvalue weighted by molar-refractivity contribution is -0.121. The first kappa shape index (κ1) is 23.7. The van der Waals surface area contributed by atoms with Gasteiger partial charge in [-0.15, -0.1) is 17.9 Å². The summed E-state index contributed by atoms with van der Waals surface area (Å²) in [7, 11) is -3.90. The molecule has 3 heterocycles. The molecule has 2 aliphatic heterocycles. The van der Waals surface area contributed by atoms with Crippen LogP contribution in [0, 0.1) is 0 Å². The van der Waals surface area contributed by atoms with Gasteiger partial charge in [0.2, 0.25) is 10.0 Å². The second-order valence-electron chi connectivity index (χ2n) is 8.03. The number of fused-ring (bicyclic) bond motifs is 2. The van der Waals surface area contributed by atoms with Crippen molar-refractivity contribution in [1.29, 1.82) is 0 Å². The molecular formula is C24H20N4O6S2. The van der Waals surface area contributed by atoms with Gasteiger partial charge in [0.25, 0.3) is 17.7 Å². The first-order chi connectivity index (χ1) is 17.3. The number of amides is 3. The Morgan fingerprint density at radius 3 is 2.50 bits per heavy atom. The van der Waals surface area contributed by atoms with Gasteiger partial charge in [-0.25, -0.2) is 13.4 Å². The molecule has 0 saturated heterocycles. The molecule has 2 aliphatic rings. The number of imide groups is 1. The van der Waals surface area contributed by atoms with Gasteiger partial charge in [0.05, 0.1) is 28.3 Å². The molecule has 5 rings (SSSR count). The van der Waals surface area contributed by atoms with E-state index in [9.17, 15) is 22.8 Å². The maximum absolute atomic E-state index is 12.7. The molecule has 0 unspecified atom stereocenters. The highest BCUT2D eigenvalue weighted by Gasteiger charge is 2.35. The number of hydrogen-bond acceptors (Lipinski definition) is 8. The second kappa shape index (κ2) is 9.21. The number of rotatable bonds is 8. The van der Waals surface area contributed by atoms with Gasteiger partial charge in [0, 0.05) is 24.0 Å². The molecule has 10 nitrogen and oxygen atoms in total. The Labute approximate surface area is 210 Å². The second-order valence-corrected chi connectivity index (χ2v) is 10.7.